The topological polar surface area (TPSA) is 52.3 Å². The normalized spacial score (nSPS) is 36.5. The monoisotopic (exact) mass is 341 g/mol. The number of rotatable bonds is 4. The van der Waals surface area contributed by atoms with Crippen LogP contribution in [-0.2, 0) is 11.2 Å². The number of fused-ring (bicyclic) bond motifs is 5. The molecule has 136 valence electrons. The van der Waals surface area contributed by atoms with Gasteiger partial charge in [0.2, 0.25) is 0 Å². The molecule has 1 aromatic rings. The van der Waals surface area contributed by atoms with E-state index in [1.165, 1.54) is 17.5 Å². The number of ether oxygens (including phenoxy) is 1. The van der Waals surface area contributed by atoms with Crippen LogP contribution in [0.1, 0.15) is 62.5 Å². The Bertz CT molecular complexity index is 670. The van der Waals surface area contributed by atoms with Crippen molar-refractivity contribution in [2.24, 2.45) is 28.9 Å². The number of Topliss-reactive ketones (excluding diaryl/α,β-unsaturated/α-hetero) is 1. The third kappa shape index (κ3) is 2.63. The summed E-state index contributed by atoms with van der Waals surface area (Å²) >= 11 is 0. The summed E-state index contributed by atoms with van der Waals surface area (Å²) in [7, 11) is 1.74. The molecule has 3 heteroatoms. The van der Waals surface area contributed by atoms with Crippen molar-refractivity contribution >= 4 is 5.78 Å². The molecule has 0 radical (unpaired) electrons. The van der Waals surface area contributed by atoms with Crippen molar-refractivity contribution < 1.29 is 9.53 Å². The van der Waals surface area contributed by atoms with E-state index in [0.29, 0.717) is 29.5 Å². The van der Waals surface area contributed by atoms with Crippen molar-refractivity contribution in [3.8, 4) is 5.75 Å². The highest BCUT2D eigenvalue weighted by Crippen LogP contribution is 2.62. The average Bonchev–Trinajstić information content (AvgIpc) is 2.89. The van der Waals surface area contributed by atoms with Gasteiger partial charge in [-0.3, -0.25) is 4.79 Å². The second-order valence-corrected chi connectivity index (χ2v) is 8.67. The molecule has 3 aliphatic rings. The first kappa shape index (κ1) is 17.1. The molecule has 2 fully saturated rings. The van der Waals surface area contributed by atoms with Gasteiger partial charge in [-0.05, 0) is 92.0 Å². The van der Waals surface area contributed by atoms with Crippen molar-refractivity contribution in [2.75, 3.05) is 13.7 Å². The van der Waals surface area contributed by atoms with E-state index in [2.05, 4.69) is 25.1 Å². The van der Waals surface area contributed by atoms with Gasteiger partial charge in [0.1, 0.15) is 11.5 Å². The largest absolute Gasteiger partial charge is 0.497 e. The summed E-state index contributed by atoms with van der Waals surface area (Å²) in [4.78, 5) is 12.9. The highest BCUT2D eigenvalue weighted by atomic mass is 16.5. The van der Waals surface area contributed by atoms with Crippen LogP contribution in [0, 0.1) is 23.2 Å². The van der Waals surface area contributed by atoms with Crippen LogP contribution >= 0.6 is 0 Å². The number of carbonyl (C=O) groups excluding carboxylic acids is 1. The van der Waals surface area contributed by atoms with Gasteiger partial charge >= 0.3 is 0 Å². The van der Waals surface area contributed by atoms with Crippen molar-refractivity contribution in [3.63, 3.8) is 0 Å². The van der Waals surface area contributed by atoms with E-state index in [-0.39, 0.29) is 5.41 Å². The molecule has 2 saturated carbocycles. The number of benzene rings is 1. The van der Waals surface area contributed by atoms with Crippen LogP contribution in [-0.4, -0.2) is 19.4 Å². The van der Waals surface area contributed by atoms with Crippen LogP contribution in [0.3, 0.4) is 0 Å². The number of nitrogens with two attached hydrogens (primary N) is 1. The van der Waals surface area contributed by atoms with Gasteiger partial charge in [0.05, 0.1) is 7.11 Å². The van der Waals surface area contributed by atoms with Crippen LogP contribution in [0.2, 0.25) is 0 Å². The Morgan fingerprint density at radius 1 is 1.32 bits per heavy atom. The maximum atomic E-state index is 12.9. The highest BCUT2D eigenvalue weighted by molar-refractivity contribution is 5.87. The molecule has 0 amide bonds. The van der Waals surface area contributed by atoms with Gasteiger partial charge in [-0.15, -0.1) is 0 Å². The van der Waals surface area contributed by atoms with Crippen molar-refractivity contribution in [1.29, 1.82) is 0 Å². The molecule has 3 aliphatic carbocycles. The van der Waals surface area contributed by atoms with Gasteiger partial charge in [0, 0.05) is 11.8 Å². The Balaban J connectivity index is 1.66. The van der Waals surface area contributed by atoms with E-state index < -0.39 is 0 Å². The zero-order valence-electron chi connectivity index (χ0n) is 15.6. The second kappa shape index (κ2) is 6.42. The van der Waals surface area contributed by atoms with Gasteiger partial charge in [-0.25, -0.2) is 0 Å². The molecule has 0 aromatic heterocycles. The van der Waals surface area contributed by atoms with E-state index in [9.17, 15) is 4.79 Å². The molecule has 5 atom stereocenters. The van der Waals surface area contributed by atoms with Crippen molar-refractivity contribution in [2.45, 2.75) is 57.8 Å². The van der Waals surface area contributed by atoms with Crippen LogP contribution < -0.4 is 10.5 Å². The van der Waals surface area contributed by atoms with E-state index in [1.54, 1.807) is 7.11 Å². The Kier molecular flexibility index (Phi) is 4.39. The highest BCUT2D eigenvalue weighted by Gasteiger charge is 2.58. The molecular weight excluding hydrogens is 310 g/mol. The lowest BCUT2D eigenvalue weighted by Crippen LogP contribution is -2.44. The Labute approximate surface area is 151 Å². The minimum Gasteiger partial charge on any atom is -0.497 e. The van der Waals surface area contributed by atoms with Gasteiger partial charge in [-0.2, -0.15) is 0 Å². The Morgan fingerprint density at radius 2 is 2.16 bits per heavy atom. The van der Waals surface area contributed by atoms with Gasteiger partial charge in [0.15, 0.2) is 0 Å². The summed E-state index contributed by atoms with van der Waals surface area (Å²) in [6.07, 6.45) is 7.53. The first-order valence-corrected chi connectivity index (χ1v) is 9.98. The molecule has 0 heterocycles. The van der Waals surface area contributed by atoms with Gasteiger partial charge in [0.25, 0.3) is 0 Å². The van der Waals surface area contributed by atoms with E-state index in [4.69, 9.17) is 10.5 Å². The van der Waals surface area contributed by atoms with Crippen molar-refractivity contribution in [1.82, 2.24) is 0 Å². The fourth-order valence-electron chi connectivity index (χ4n) is 6.39. The molecule has 0 unspecified atom stereocenters. The number of methoxy groups -OCH3 is 1. The molecule has 0 bridgehead atoms. The smallest absolute Gasteiger partial charge is 0.139 e. The first-order chi connectivity index (χ1) is 12.1. The van der Waals surface area contributed by atoms with Crippen molar-refractivity contribution in [3.05, 3.63) is 29.3 Å². The van der Waals surface area contributed by atoms with Gasteiger partial charge < -0.3 is 10.5 Å². The Morgan fingerprint density at radius 3 is 2.92 bits per heavy atom. The lowest BCUT2D eigenvalue weighted by Gasteiger charge is -2.50. The summed E-state index contributed by atoms with van der Waals surface area (Å²) in [5, 5.41) is 0. The molecule has 0 saturated heterocycles. The number of hydrogen-bond acceptors (Lipinski definition) is 3. The molecule has 25 heavy (non-hydrogen) atoms. The maximum Gasteiger partial charge on any atom is 0.139 e. The minimum absolute atomic E-state index is 0.0790. The Hall–Kier alpha value is -1.35. The average molecular weight is 341 g/mol. The molecular formula is C22H31NO2. The van der Waals surface area contributed by atoms with Gasteiger partial charge in [-0.1, -0.05) is 13.0 Å². The molecule has 0 spiro atoms. The predicted octanol–water partition coefficient (Wildman–Crippen LogP) is 4.09. The SMILES string of the molecule is COc1ccc2c(c1)CC[C@H]1[C@@H]3[C@@H](CCCN)CC(=O)[C@@]3(C)CC[C@H]21. The predicted molar refractivity (Wildman–Crippen MR) is 99.8 cm³/mol. The minimum atomic E-state index is -0.0790. The zero-order chi connectivity index (χ0) is 17.6. The van der Waals surface area contributed by atoms with E-state index in [0.717, 1.165) is 50.8 Å². The summed E-state index contributed by atoms with van der Waals surface area (Å²) in [6.45, 7) is 3.01. The number of aryl methyl sites for hydroxylation is 1. The standard InChI is InChI=1S/C22H31NO2/c1-22-10-9-18-17-8-6-16(25-2)12-14(17)5-7-19(18)21(22)15(4-3-11-23)13-20(22)24/h6,8,12,15,18-19,21H,3-5,7,9-11,13,23H2,1-2H3/t15-,18+,19+,21-,22+/m0/s1. The summed E-state index contributed by atoms with van der Waals surface area (Å²) in [5.41, 5.74) is 8.68. The number of carbonyl (C=O) groups is 1. The molecule has 1 aromatic carbocycles. The van der Waals surface area contributed by atoms with E-state index >= 15 is 0 Å². The lowest BCUT2D eigenvalue weighted by atomic mass is 9.54. The van der Waals surface area contributed by atoms with Crippen LogP contribution in [0.25, 0.3) is 0 Å². The lowest BCUT2D eigenvalue weighted by molar-refractivity contribution is -0.129. The third-order valence-corrected chi connectivity index (χ3v) is 7.56. The fraction of sp³-hybridized carbons (Fsp3) is 0.682. The van der Waals surface area contributed by atoms with Crippen LogP contribution in [0.5, 0.6) is 5.75 Å². The maximum absolute atomic E-state index is 12.9. The first-order valence-electron chi connectivity index (χ1n) is 9.98. The zero-order valence-corrected chi connectivity index (χ0v) is 15.6. The molecule has 2 N–H and O–H groups in total. The van der Waals surface area contributed by atoms with Crippen LogP contribution in [0.15, 0.2) is 18.2 Å². The molecule has 0 aliphatic heterocycles. The number of hydrogen-bond donors (Lipinski definition) is 1. The molecule has 4 rings (SSSR count). The van der Waals surface area contributed by atoms with Crippen LogP contribution in [0.4, 0.5) is 0 Å². The van der Waals surface area contributed by atoms with E-state index in [1.807, 2.05) is 0 Å². The summed E-state index contributed by atoms with van der Waals surface area (Å²) in [5.74, 6) is 3.88. The third-order valence-electron chi connectivity index (χ3n) is 7.56. The quantitative estimate of drug-likeness (QED) is 0.897. The summed E-state index contributed by atoms with van der Waals surface area (Å²) in [6, 6.07) is 6.63. The number of ketones is 1. The molecule has 3 nitrogen and oxygen atoms in total. The summed E-state index contributed by atoms with van der Waals surface area (Å²) < 4.78 is 5.42. The second-order valence-electron chi connectivity index (χ2n) is 8.67. The fourth-order valence-corrected chi connectivity index (χ4v) is 6.39.